The molecule has 2 rings (SSSR count). The minimum atomic E-state index is 0.364. The third kappa shape index (κ3) is 1.25. The van der Waals surface area contributed by atoms with E-state index in [2.05, 4.69) is 5.32 Å². The van der Waals surface area contributed by atoms with Crippen LogP contribution in [0.5, 0.6) is 0 Å². The first-order valence-corrected chi connectivity index (χ1v) is 4.38. The van der Waals surface area contributed by atoms with Crippen molar-refractivity contribution in [2.75, 3.05) is 19.6 Å². The maximum absolute atomic E-state index is 11.3. The van der Waals surface area contributed by atoms with Crippen LogP contribution in [-0.4, -0.2) is 36.5 Å². The molecule has 0 aromatic carbocycles. The standard InChI is InChI=1S/C8H14N2O/c11-8-3-1-2-7-6-9-4-5-10(7)8/h7,9H,1-6H2. The van der Waals surface area contributed by atoms with Crippen molar-refractivity contribution in [2.24, 2.45) is 0 Å². The van der Waals surface area contributed by atoms with Crippen molar-refractivity contribution in [3.63, 3.8) is 0 Å². The van der Waals surface area contributed by atoms with E-state index >= 15 is 0 Å². The van der Waals surface area contributed by atoms with Crippen LogP contribution in [0.2, 0.25) is 0 Å². The Labute approximate surface area is 66.8 Å². The lowest BCUT2D eigenvalue weighted by molar-refractivity contribution is -0.137. The highest BCUT2D eigenvalue weighted by atomic mass is 16.2. The molecule has 2 aliphatic rings. The van der Waals surface area contributed by atoms with Crippen molar-refractivity contribution in [1.82, 2.24) is 10.2 Å². The number of rotatable bonds is 0. The molecule has 1 atom stereocenters. The summed E-state index contributed by atoms with van der Waals surface area (Å²) in [4.78, 5) is 13.4. The molecule has 0 spiro atoms. The number of piperidine rings is 1. The highest BCUT2D eigenvalue weighted by Crippen LogP contribution is 2.18. The van der Waals surface area contributed by atoms with Gasteiger partial charge in [0.1, 0.15) is 0 Å². The Morgan fingerprint density at radius 3 is 3.27 bits per heavy atom. The van der Waals surface area contributed by atoms with Gasteiger partial charge in [-0.05, 0) is 12.8 Å². The van der Waals surface area contributed by atoms with E-state index in [4.69, 9.17) is 0 Å². The minimum Gasteiger partial charge on any atom is -0.337 e. The van der Waals surface area contributed by atoms with Gasteiger partial charge in [0.2, 0.25) is 5.91 Å². The number of fused-ring (bicyclic) bond motifs is 1. The maximum Gasteiger partial charge on any atom is 0.222 e. The monoisotopic (exact) mass is 154 g/mol. The molecule has 2 aliphatic heterocycles. The summed E-state index contributed by atoms with van der Waals surface area (Å²) in [5.74, 6) is 0.364. The molecule has 0 bridgehead atoms. The summed E-state index contributed by atoms with van der Waals surface area (Å²) in [5, 5.41) is 3.31. The second-order valence-corrected chi connectivity index (χ2v) is 3.34. The average Bonchev–Trinajstić information content (AvgIpc) is 2.06. The number of hydrogen-bond acceptors (Lipinski definition) is 2. The van der Waals surface area contributed by atoms with Gasteiger partial charge in [0, 0.05) is 32.1 Å². The van der Waals surface area contributed by atoms with Crippen molar-refractivity contribution in [2.45, 2.75) is 25.3 Å². The van der Waals surface area contributed by atoms with Gasteiger partial charge in [-0.25, -0.2) is 0 Å². The molecular formula is C8H14N2O. The second kappa shape index (κ2) is 2.81. The summed E-state index contributed by atoms with van der Waals surface area (Å²) < 4.78 is 0. The van der Waals surface area contributed by atoms with E-state index < -0.39 is 0 Å². The molecule has 1 amide bonds. The Morgan fingerprint density at radius 2 is 2.45 bits per heavy atom. The zero-order chi connectivity index (χ0) is 7.68. The smallest absolute Gasteiger partial charge is 0.222 e. The molecule has 1 N–H and O–H groups in total. The van der Waals surface area contributed by atoms with Gasteiger partial charge < -0.3 is 10.2 Å². The molecule has 3 heteroatoms. The number of carbonyl (C=O) groups excluding carboxylic acids is 1. The van der Waals surface area contributed by atoms with Crippen LogP contribution in [0, 0.1) is 0 Å². The van der Waals surface area contributed by atoms with Crippen LogP contribution in [0.15, 0.2) is 0 Å². The maximum atomic E-state index is 11.3. The van der Waals surface area contributed by atoms with E-state index in [0.29, 0.717) is 11.9 Å². The molecule has 2 fully saturated rings. The lowest BCUT2D eigenvalue weighted by Gasteiger charge is -2.39. The van der Waals surface area contributed by atoms with Gasteiger partial charge in [0.25, 0.3) is 0 Å². The summed E-state index contributed by atoms with van der Waals surface area (Å²) in [5.41, 5.74) is 0. The number of carbonyl (C=O) groups is 1. The van der Waals surface area contributed by atoms with E-state index in [1.807, 2.05) is 4.90 Å². The summed E-state index contributed by atoms with van der Waals surface area (Å²) in [7, 11) is 0. The first-order chi connectivity index (χ1) is 5.38. The Hall–Kier alpha value is -0.570. The highest BCUT2D eigenvalue weighted by Gasteiger charge is 2.29. The summed E-state index contributed by atoms with van der Waals surface area (Å²) in [6, 6.07) is 0.505. The molecule has 2 heterocycles. The van der Waals surface area contributed by atoms with Crippen molar-refractivity contribution >= 4 is 5.91 Å². The molecule has 3 nitrogen and oxygen atoms in total. The van der Waals surface area contributed by atoms with Crippen molar-refractivity contribution in [3.05, 3.63) is 0 Å². The van der Waals surface area contributed by atoms with E-state index in [9.17, 15) is 4.79 Å². The van der Waals surface area contributed by atoms with Gasteiger partial charge >= 0.3 is 0 Å². The van der Waals surface area contributed by atoms with Gasteiger partial charge in [-0.2, -0.15) is 0 Å². The number of piperazine rings is 1. The molecule has 0 aromatic heterocycles. The average molecular weight is 154 g/mol. The number of nitrogens with one attached hydrogen (secondary N) is 1. The molecule has 2 saturated heterocycles. The summed E-state index contributed by atoms with van der Waals surface area (Å²) in [6.07, 6.45) is 3.05. The van der Waals surface area contributed by atoms with Crippen LogP contribution < -0.4 is 5.32 Å². The summed E-state index contributed by atoms with van der Waals surface area (Å²) >= 11 is 0. The SMILES string of the molecule is O=C1CCCC2CNCCN12. The number of amides is 1. The first-order valence-electron chi connectivity index (χ1n) is 4.38. The fraction of sp³-hybridized carbons (Fsp3) is 0.875. The first kappa shape index (κ1) is 7.10. The van der Waals surface area contributed by atoms with Gasteiger partial charge in [-0.1, -0.05) is 0 Å². The van der Waals surface area contributed by atoms with Crippen LogP contribution in [-0.2, 0) is 4.79 Å². The Bertz CT molecular complexity index is 167. The third-order valence-corrected chi connectivity index (χ3v) is 2.60. The molecule has 0 radical (unpaired) electrons. The molecule has 0 aromatic rings. The van der Waals surface area contributed by atoms with Crippen LogP contribution >= 0.6 is 0 Å². The lowest BCUT2D eigenvalue weighted by Crippen LogP contribution is -2.55. The van der Waals surface area contributed by atoms with Crippen molar-refractivity contribution in [3.8, 4) is 0 Å². The predicted molar refractivity (Wildman–Crippen MR) is 42.2 cm³/mol. The zero-order valence-electron chi connectivity index (χ0n) is 6.68. The molecule has 62 valence electrons. The third-order valence-electron chi connectivity index (χ3n) is 2.60. The molecule has 0 aliphatic carbocycles. The largest absolute Gasteiger partial charge is 0.337 e. The zero-order valence-corrected chi connectivity index (χ0v) is 6.68. The Balaban J connectivity index is 2.05. The van der Waals surface area contributed by atoms with E-state index in [1.54, 1.807) is 0 Å². The molecule has 11 heavy (non-hydrogen) atoms. The van der Waals surface area contributed by atoms with Crippen LogP contribution in [0.25, 0.3) is 0 Å². The van der Waals surface area contributed by atoms with Gasteiger partial charge in [0.15, 0.2) is 0 Å². The fourth-order valence-corrected chi connectivity index (χ4v) is 1.98. The number of hydrogen-bond donors (Lipinski definition) is 1. The van der Waals surface area contributed by atoms with E-state index in [1.165, 1.54) is 6.42 Å². The van der Waals surface area contributed by atoms with Gasteiger partial charge in [-0.15, -0.1) is 0 Å². The van der Waals surface area contributed by atoms with Crippen LogP contribution in [0.1, 0.15) is 19.3 Å². The Kier molecular flexibility index (Phi) is 1.82. The quantitative estimate of drug-likeness (QED) is 0.531. The lowest BCUT2D eigenvalue weighted by atomic mass is 10.00. The van der Waals surface area contributed by atoms with Crippen molar-refractivity contribution in [1.29, 1.82) is 0 Å². The second-order valence-electron chi connectivity index (χ2n) is 3.34. The Morgan fingerprint density at radius 1 is 1.55 bits per heavy atom. The van der Waals surface area contributed by atoms with Crippen LogP contribution in [0.4, 0.5) is 0 Å². The highest BCUT2D eigenvalue weighted by molar-refractivity contribution is 5.77. The molecular weight excluding hydrogens is 140 g/mol. The number of nitrogens with zero attached hydrogens (tertiary/aromatic N) is 1. The minimum absolute atomic E-state index is 0.364. The van der Waals surface area contributed by atoms with Gasteiger partial charge in [0.05, 0.1) is 0 Å². The normalized spacial score (nSPS) is 31.8. The molecule has 1 unspecified atom stereocenters. The topological polar surface area (TPSA) is 32.3 Å². The van der Waals surface area contributed by atoms with Crippen molar-refractivity contribution < 1.29 is 4.79 Å². The van der Waals surface area contributed by atoms with E-state index in [0.717, 1.165) is 32.5 Å². The predicted octanol–water partition coefficient (Wildman–Crippen LogP) is -0.0293. The summed E-state index contributed by atoms with van der Waals surface area (Å²) in [6.45, 7) is 2.90. The van der Waals surface area contributed by atoms with Crippen LogP contribution in [0.3, 0.4) is 0 Å². The van der Waals surface area contributed by atoms with Gasteiger partial charge in [-0.3, -0.25) is 4.79 Å². The fourth-order valence-electron chi connectivity index (χ4n) is 1.98. The van der Waals surface area contributed by atoms with E-state index in [-0.39, 0.29) is 0 Å². The molecule has 0 saturated carbocycles.